The number of anilines is 1. The summed E-state index contributed by atoms with van der Waals surface area (Å²) in [6.07, 6.45) is 2.42. The van der Waals surface area contributed by atoms with E-state index in [4.69, 9.17) is 4.52 Å². The lowest BCUT2D eigenvalue weighted by Gasteiger charge is -2.16. The van der Waals surface area contributed by atoms with Gasteiger partial charge in [0.2, 0.25) is 17.6 Å². The summed E-state index contributed by atoms with van der Waals surface area (Å²) < 4.78 is 5.51. The molecule has 138 valence electrons. The third-order valence-corrected chi connectivity index (χ3v) is 5.77. The predicted molar refractivity (Wildman–Crippen MR) is 107 cm³/mol. The number of aryl methyl sites for hydroxylation is 2. The Hall–Kier alpha value is -2.60. The van der Waals surface area contributed by atoms with E-state index in [9.17, 15) is 4.79 Å². The minimum Gasteiger partial charge on any atom is -0.339 e. The van der Waals surface area contributed by atoms with E-state index in [0.717, 1.165) is 16.1 Å². The fourth-order valence-electron chi connectivity index (χ4n) is 3.30. The van der Waals surface area contributed by atoms with E-state index in [2.05, 4.69) is 36.1 Å². The van der Waals surface area contributed by atoms with Gasteiger partial charge in [-0.15, -0.1) is 11.8 Å². The molecule has 0 saturated carbocycles. The van der Waals surface area contributed by atoms with Crippen molar-refractivity contribution in [3.8, 4) is 11.4 Å². The molecule has 2 aromatic carbocycles. The van der Waals surface area contributed by atoms with E-state index in [1.54, 1.807) is 11.8 Å². The van der Waals surface area contributed by atoms with Crippen molar-refractivity contribution >= 4 is 23.4 Å². The number of aromatic nitrogens is 2. The molecule has 1 aliphatic rings. The Labute approximate surface area is 162 Å². The molecular formula is C21H21N3O2S. The van der Waals surface area contributed by atoms with E-state index in [1.165, 1.54) is 11.1 Å². The molecule has 5 nitrogen and oxygen atoms in total. The molecule has 27 heavy (non-hydrogen) atoms. The summed E-state index contributed by atoms with van der Waals surface area (Å²) in [4.78, 5) is 20.1. The van der Waals surface area contributed by atoms with Crippen molar-refractivity contribution in [2.75, 3.05) is 17.7 Å². The molecule has 1 saturated heterocycles. The lowest BCUT2D eigenvalue weighted by molar-refractivity contribution is -0.117. The van der Waals surface area contributed by atoms with Gasteiger partial charge in [-0.25, -0.2) is 0 Å². The standard InChI is InChI=1S/C21H21N3O2S/c1-13-7-8-15(9-14(13)2)20-22-21(26-23-20)16-10-19(25)24(12-16)17-5-4-6-18(11-17)27-3/h4-9,11,16H,10,12H2,1-3H3. The van der Waals surface area contributed by atoms with Gasteiger partial charge in [0.25, 0.3) is 0 Å². The van der Waals surface area contributed by atoms with Gasteiger partial charge in [0.05, 0.1) is 5.92 Å². The SMILES string of the molecule is CSc1cccc(N2CC(c3nc(-c4ccc(C)c(C)c4)no3)CC2=O)c1. The van der Waals surface area contributed by atoms with Crippen LogP contribution >= 0.6 is 11.8 Å². The smallest absolute Gasteiger partial charge is 0.232 e. The van der Waals surface area contributed by atoms with Gasteiger partial charge in [0.1, 0.15) is 0 Å². The molecule has 0 aliphatic carbocycles. The monoisotopic (exact) mass is 379 g/mol. The molecule has 1 aromatic heterocycles. The zero-order chi connectivity index (χ0) is 19.0. The maximum Gasteiger partial charge on any atom is 0.232 e. The van der Waals surface area contributed by atoms with Gasteiger partial charge in [-0.2, -0.15) is 4.98 Å². The van der Waals surface area contributed by atoms with Gasteiger partial charge in [-0.1, -0.05) is 23.4 Å². The van der Waals surface area contributed by atoms with Gasteiger partial charge >= 0.3 is 0 Å². The van der Waals surface area contributed by atoms with E-state index < -0.39 is 0 Å². The maximum atomic E-state index is 12.5. The minimum absolute atomic E-state index is 0.0803. The molecule has 2 heterocycles. The van der Waals surface area contributed by atoms with Crippen molar-refractivity contribution in [1.29, 1.82) is 0 Å². The number of thioether (sulfide) groups is 1. The van der Waals surface area contributed by atoms with Gasteiger partial charge < -0.3 is 9.42 Å². The number of hydrogen-bond donors (Lipinski definition) is 0. The van der Waals surface area contributed by atoms with Crippen molar-refractivity contribution in [3.05, 3.63) is 59.5 Å². The Kier molecular flexibility index (Phi) is 4.74. The van der Waals surface area contributed by atoms with E-state index in [-0.39, 0.29) is 11.8 Å². The summed E-state index contributed by atoms with van der Waals surface area (Å²) in [5.41, 5.74) is 4.27. The molecule has 0 spiro atoms. The summed E-state index contributed by atoms with van der Waals surface area (Å²) in [5.74, 6) is 1.11. The highest BCUT2D eigenvalue weighted by Gasteiger charge is 2.35. The minimum atomic E-state index is -0.0803. The second kappa shape index (κ2) is 7.19. The number of hydrogen-bond acceptors (Lipinski definition) is 5. The van der Waals surface area contributed by atoms with Crippen molar-refractivity contribution in [2.24, 2.45) is 0 Å². The molecule has 4 rings (SSSR count). The van der Waals surface area contributed by atoms with Crippen molar-refractivity contribution in [3.63, 3.8) is 0 Å². The predicted octanol–water partition coefficient (Wildman–Crippen LogP) is 4.60. The van der Waals surface area contributed by atoms with Crippen molar-refractivity contribution in [2.45, 2.75) is 31.1 Å². The Morgan fingerprint density at radius 1 is 1.15 bits per heavy atom. The molecular weight excluding hydrogens is 358 g/mol. The highest BCUT2D eigenvalue weighted by Crippen LogP contribution is 2.33. The second-order valence-corrected chi connectivity index (χ2v) is 7.74. The number of carbonyl (C=O) groups is 1. The van der Waals surface area contributed by atoms with Crippen LogP contribution in [0.25, 0.3) is 11.4 Å². The molecule has 0 bridgehead atoms. The summed E-state index contributed by atoms with van der Waals surface area (Å²) in [6, 6.07) is 14.1. The van der Waals surface area contributed by atoms with Crippen LogP contribution in [-0.2, 0) is 4.79 Å². The first kappa shape index (κ1) is 17.8. The van der Waals surface area contributed by atoms with Crippen molar-refractivity contribution < 1.29 is 9.32 Å². The van der Waals surface area contributed by atoms with E-state index >= 15 is 0 Å². The summed E-state index contributed by atoms with van der Waals surface area (Å²) >= 11 is 1.66. The average Bonchev–Trinajstić information content (AvgIpc) is 3.31. The summed E-state index contributed by atoms with van der Waals surface area (Å²) in [7, 11) is 0. The van der Waals surface area contributed by atoms with Crippen molar-refractivity contribution in [1.82, 2.24) is 10.1 Å². The molecule has 3 aromatic rings. The topological polar surface area (TPSA) is 59.2 Å². The second-order valence-electron chi connectivity index (χ2n) is 6.86. The van der Waals surface area contributed by atoms with Crippen LogP contribution in [-0.4, -0.2) is 28.8 Å². The lowest BCUT2D eigenvalue weighted by atomic mass is 10.1. The fraction of sp³-hybridized carbons (Fsp3) is 0.286. The number of nitrogens with zero attached hydrogens (tertiary/aromatic N) is 3. The Balaban J connectivity index is 1.55. The Bertz CT molecular complexity index is 999. The zero-order valence-corrected chi connectivity index (χ0v) is 16.4. The normalized spacial score (nSPS) is 16.9. The first-order valence-electron chi connectivity index (χ1n) is 8.91. The average molecular weight is 379 g/mol. The third kappa shape index (κ3) is 3.49. The molecule has 1 amide bonds. The number of carbonyl (C=O) groups excluding carboxylic acids is 1. The Morgan fingerprint density at radius 2 is 2.00 bits per heavy atom. The van der Waals surface area contributed by atoms with Crippen LogP contribution in [0.2, 0.25) is 0 Å². The van der Waals surface area contributed by atoms with Crippen LogP contribution in [0.4, 0.5) is 5.69 Å². The van der Waals surface area contributed by atoms with Crippen LogP contribution in [0.5, 0.6) is 0 Å². The maximum absolute atomic E-state index is 12.5. The lowest BCUT2D eigenvalue weighted by Crippen LogP contribution is -2.24. The number of benzene rings is 2. The van der Waals surface area contributed by atoms with Crippen LogP contribution in [0.1, 0.15) is 29.4 Å². The summed E-state index contributed by atoms with van der Waals surface area (Å²) in [6.45, 7) is 4.70. The van der Waals surface area contributed by atoms with Gasteiger partial charge in [-0.3, -0.25) is 4.79 Å². The highest BCUT2D eigenvalue weighted by atomic mass is 32.2. The molecule has 1 unspecified atom stereocenters. The van der Waals surface area contributed by atoms with Crippen LogP contribution in [0.15, 0.2) is 51.9 Å². The first-order valence-corrected chi connectivity index (χ1v) is 10.1. The quantitative estimate of drug-likeness (QED) is 0.620. The van der Waals surface area contributed by atoms with Gasteiger partial charge in [0, 0.05) is 29.1 Å². The third-order valence-electron chi connectivity index (χ3n) is 5.05. The molecule has 6 heteroatoms. The largest absolute Gasteiger partial charge is 0.339 e. The van der Waals surface area contributed by atoms with Crippen LogP contribution in [0, 0.1) is 13.8 Å². The van der Waals surface area contributed by atoms with Gasteiger partial charge in [0.15, 0.2) is 0 Å². The molecule has 0 radical (unpaired) electrons. The van der Waals surface area contributed by atoms with Gasteiger partial charge in [-0.05, 0) is 55.5 Å². The molecule has 1 atom stereocenters. The molecule has 1 fully saturated rings. The van der Waals surface area contributed by atoms with Crippen LogP contribution in [0.3, 0.4) is 0 Å². The number of rotatable bonds is 4. The molecule has 1 aliphatic heterocycles. The fourth-order valence-corrected chi connectivity index (χ4v) is 3.75. The van der Waals surface area contributed by atoms with E-state index in [1.807, 2.05) is 41.5 Å². The van der Waals surface area contributed by atoms with Crippen LogP contribution < -0.4 is 4.90 Å². The zero-order valence-electron chi connectivity index (χ0n) is 15.6. The summed E-state index contributed by atoms with van der Waals surface area (Å²) in [5, 5.41) is 4.13. The molecule has 0 N–H and O–H groups in total. The Morgan fingerprint density at radius 3 is 2.78 bits per heavy atom. The highest BCUT2D eigenvalue weighted by molar-refractivity contribution is 7.98. The number of amides is 1. The first-order chi connectivity index (χ1) is 13.0. The van der Waals surface area contributed by atoms with E-state index in [0.29, 0.717) is 24.7 Å².